The lowest BCUT2D eigenvalue weighted by atomic mass is 10.1. The van der Waals surface area contributed by atoms with E-state index in [1.807, 2.05) is 24.3 Å². The van der Waals surface area contributed by atoms with Crippen molar-refractivity contribution in [1.29, 1.82) is 0 Å². The third-order valence-electron chi connectivity index (χ3n) is 2.75. The Balaban J connectivity index is 1.65. The topological polar surface area (TPSA) is 62.0 Å². The zero-order valence-corrected chi connectivity index (χ0v) is 10.4. The van der Waals surface area contributed by atoms with Crippen molar-refractivity contribution in [2.24, 2.45) is 0 Å². The average molecular weight is 269 g/mol. The van der Waals surface area contributed by atoms with Crippen molar-refractivity contribution >= 4 is 0 Å². The third-order valence-corrected chi connectivity index (χ3v) is 2.75. The Morgan fingerprint density at radius 3 is 2.40 bits per heavy atom. The van der Waals surface area contributed by atoms with Gasteiger partial charge in [-0.1, -0.05) is 24.3 Å². The normalized spacial score (nSPS) is 10.4. The molecule has 5 nitrogen and oxygen atoms in total. The molecule has 0 aliphatic heterocycles. The van der Waals surface area contributed by atoms with Gasteiger partial charge >= 0.3 is 0 Å². The maximum Gasteiger partial charge on any atom is 0.123 e. The molecule has 0 radical (unpaired) electrons. The van der Waals surface area contributed by atoms with Gasteiger partial charge in [-0.2, -0.15) is 5.21 Å². The summed E-state index contributed by atoms with van der Waals surface area (Å²) in [5, 5.41) is 14.4. The maximum atomic E-state index is 12.8. The van der Waals surface area contributed by atoms with E-state index < -0.39 is 0 Å². The van der Waals surface area contributed by atoms with Crippen LogP contribution in [0, 0.1) is 5.82 Å². The SMILES string of the molecule is Fc1ccc(OCc2ccc(-c3nnn[n-]3)cc2)cc1. The lowest BCUT2D eigenvalue weighted by molar-refractivity contribution is 0.306. The monoisotopic (exact) mass is 269 g/mol. The third kappa shape index (κ3) is 2.80. The molecule has 3 rings (SSSR count). The van der Waals surface area contributed by atoms with E-state index in [2.05, 4.69) is 20.6 Å². The number of hydrogen-bond acceptors (Lipinski definition) is 4. The first kappa shape index (κ1) is 12.3. The molecule has 0 fully saturated rings. The molecular weight excluding hydrogens is 259 g/mol. The van der Waals surface area contributed by atoms with E-state index in [1.165, 1.54) is 12.1 Å². The van der Waals surface area contributed by atoms with Gasteiger partial charge in [0.15, 0.2) is 0 Å². The minimum atomic E-state index is -0.279. The van der Waals surface area contributed by atoms with Crippen LogP contribution in [-0.4, -0.2) is 15.5 Å². The molecule has 2 aromatic carbocycles. The number of tetrazole rings is 1. The molecule has 0 unspecified atom stereocenters. The molecule has 1 heterocycles. The molecule has 0 aliphatic rings. The van der Waals surface area contributed by atoms with Gasteiger partial charge in [-0.25, -0.2) is 4.39 Å². The van der Waals surface area contributed by atoms with Crippen molar-refractivity contribution in [3.8, 4) is 17.1 Å². The standard InChI is InChI=1S/C14H10FN4O/c15-12-5-7-13(8-6-12)20-9-10-1-3-11(4-2-10)14-16-18-19-17-14/h1-8H,9H2/q-1. The van der Waals surface area contributed by atoms with Crippen molar-refractivity contribution < 1.29 is 9.13 Å². The van der Waals surface area contributed by atoms with E-state index in [9.17, 15) is 4.39 Å². The Bertz CT molecular complexity index is 665. The molecule has 6 heteroatoms. The first-order chi connectivity index (χ1) is 9.81. The summed E-state index contributed by atoms with van der Waals surface area (Å²) >= 11 is 0. The van der Waals surface area contributed by atoms with E-state index in [4.69, 9.17) is 4.74 Å². The summed E-state index contributed by atoms with van der Waals surface area (Å²) in [5.41, 5.74) is 1.84. The summed E-state index contributed by atoms with van der Waals surface area (Å²) in [6.45, 7) is 0.407. The summed E-state index contributed by atoms with van der Waals surface area (Å²) in [6, 6.07) is 13.5. The molecular formula is C14H10FN4O-. The zero-order valence-electron chi connectivity index (χ0n) is 10.4. The van der Waals surface area contributed by atoms with Gasteiger partial charge in [0.05, 0.1) is 0 Å². The first-order valence-corrected chi connectivity index (χ1v) is 5.98. The smallest absolute Gasteiger partial charge is 0.123 e. The number of ether oxygens (including phenoxy) is 1. The van der Waals surface area contributed by atoms with Gasteiger partial charge in [-0.15, -0.1) is 0 Å². The number of halogens is 1. The highest BCUT2D eigenvalue weighted by Gasteiger charge is 1.99. The van der Waals surface area contributed by atoms with Crippen molar-refractivity contribution in [3.63, 3.8) is 0 Å². The lowest BCUT2D eigenvalue weighted by Crippen LogP contribution is -1.95. The number of benzene rings is 2. The van der Waals surface area contributed by atoms with Crippen molar-refractivity contribution in [3.05, 3.63) is 59.9 Å². The molecule has 20 heavy (non-hydrogen) atoms. The minimum absolute atomic E-state index is 0.279. The highest BCUT2D eigenvalue weighted by molar-refractivity contribution is 5.53. The number of rotatable bonds is 4. The van der Waals surface area contributed by atoms with Crippen LogP contribution in [0.1, 0.15) is 5.56 Å². The van der Waals surface area contributed by atoms with Crippen LogP contribution in [0.2, 0.25) is 0 Å². The van der Waals surface area contributed by atoms with Crippen LogP contribution < -0.4 is 9.84 Å². The van der Waals surface area contributed by atoms with Gasteiger partial charge in [-0.05, 0) is 35.4 Å². The van der Waals surface area contributed by atoms with Crippen molar-refractivity contribution in [2.45, 2.75) is 6.61 Å². The predicted molar refractivity (Wildman–Crippen MR) is 69.3 cm³/mol. The van der Waals surface area contributed by atoms with Crippen molar-refractivity contribution in [2.75, 3.05) is 0 Å². The van der Waals surface area contributed by atoms with E-state index in [1.54, 1.807) is 12.1 Å². The molecule has 3 aromatic rings. The quantitative estimate of drug-likeness (QED) is 0.726. The molecule has 0 N–H and O–H groups in total. The second-order valence-electron chi connectivity index (χ2n) is 4.14. The largest absolute Gasteiger partial charge is 0.489 e. The first-order valence-electron chi connectivity index (χ1n) is 5.98. The predicted octanol–water partition coefficient (Wildman–Crippen LogP) is 2.21. The molecule has 0 aliphatic carbocycles. The van der Waals surface area contributed by atoms with Crippen LogP contribution in [0.25, 0.3) is 11.4 Å². The molecule has 0 bridgehead atoms. The Morgan fingerprint density at radius 1 is 1.00 bits per heavy atom. The molecule has 100 valence electrons. The summed E-state index contributed by atoms with van der Waals surface area (Å²) in [5.74, 6) is 0.845. The lowest BCUT2D eigenvalue weighted by Gasteiger charge is -2.07. The summed E-state index contributed by atoms with van der Waals surface area (Å²) < 4.78 is 18.3. The number of hydrogen-bond donors (Lipinski definition) is 0. The Kier molecular flexibility index (Phi) is 3.36. The van der Waals surface area contributed by atoms with Crippen molar-refractivity contribution in [1.82, 2.24) is 20.6 Å². The molecule has 0 spiro atoms. The van der Waals surface area contributed by atoms with Crippen LogP contribution in [0.3, 0.4) is 0 Å². The minimum Gasteiger partial charge on any atom is -0.489 e. The van der Waals surface area contributed by atoms with E-state index in [0.29, 0.717) is 18.2 Å². The van der Waals surface area contributed by atoms with Gasteiger partial charge < -0.3 is 9.84 Å². The maximum absolute atomic E-state index is 12.8. The molecule has 0 amide bonds. The number of nitrogens with zero attached hydrogens (tertiary/aromatic N) is 4. The fourth-order valence-electron chi connectivity index (χ4n) is 1.71. The fourth-order valence-corrected chi connectivity index (χ4v) is 1.71. The fraction of sp³-hybridized carbons (Fsp3) is 0.0714. The summed E-state index contributed by atoms with van der Waals surface area (Å²) in [6.07, 6.45) is 0. The van der Waals surface area contributed by atoms with E-state index in [0.717, 1.165) is 11.1 Å². The van der Waals surface area contributed by atoms with Gasteiger partial charge in [-0.3, -0.25) is 10.3 Å². The van der Waals surface area contributed by atoms with Gasteiger partial charge in [0.25, 0.3) is 0 Å². The second-order valence-corrected chi connectivity index (χ2v) is 4.14. The number of aromatic nitrogens is 4. The second kappa shape index (κ2) is 5.48. The molecule has 0 saturated heterocycles. The Hall–Kier alpha value is -2.76. The molecule has 1 aromatic heterocycles. The van der Waals surface area contributed by atoms with Gasteiger partial charge in [0.2, 0.25) is 0 Å². The van der Waals surface area contributed by atoms with Crippen LogP contribution >= 0.6 is 0 Å². The highest BCUT2D eigenvalue weighted by Crippen LogP contribution is 2.16. The Morgan fingerprint density at radius 2 is 1.75 bits per heavy atom. The van der Waals surface area contributed by atoms with Gasteiger partial charge in [0.1, 0.15) is 18.2 Å². The highest BCUT2D eigenvalue weighted by atomic mass is 19.1. The zero-order chi connectivity index (χ0) is 13.8. The van der Waals surface area contributed by atoms with Crippen LogP contribution in [0.5, 0.6) is 5.75 Å². The van der Waals surface area contributed by atoms with Crippen LogP contribution in [0.4, 0.5) is 4.39 Å². The van der Waals surface area contributed by atoms with Crippen LogP contribution in [0.15, 0.2) is 48.5 Å². The van der Waals surface area contributed by atoms with E-state index >= 15 is 0 Å². The molecule has 0 saturated carbocycles. The molecule has 0 atom stereocenters. The van der Waals surface area contributed by atoms with Crippen LogP contribution in [-0.2, 0) is 6.61 Å². The summed E-state index contributed by atoms with van der Waals surface area (Å²) in [4.78, 5) is 0. The average Bonchev–Trinajstić information content (AvgIpc) is 3.01. The Labute approximate surface area is 114 Å². The van der Waals surface area contributed by atoms with Gasteiger partial charge in [0, 0.05) is 5.82 Å². The summed E-state index contributed by atoms with van der Waals surface area (Å²) in [7, 11) is 0. The van der Waals surface area contributed by atoms with E-state index in [-0.39, 0.29) is 5.82 Å².